The van der Waals surface area contributed by atoms with E-state index in [-0.39, 0.29) is 22.2 Å². The molecule has 35 heavy (non-hydrogen) atoms. The molecule has 0 saturated carbocycles. The number of carbonyl (C=O) groups excluding carboxylic acids is 1. The predicted molar refractivity (Wildman–Crippen MR) is 132 cm³/mol. The third-order valence-corrected chi connectivity index (χ3v) is 7.80. The molecule has 2 aromatic carbocycles. The van der Waals surface area contributed by atoms with Crippen molar-refractivity contribution in [1.82, 2.24) is 9.80 Å². The second kappa shape index (κ2) is 11.5. The van der Waals surface area contributed by atoms with Gasteiger partial charge in [0, 0.05) is 38.3 Å². The summed E-state index contributed by atoms with van der Waals surface area (Å²) in [6.45, 7) is 5.14. The lowest BCUT2D eigenvalue weighted by atomic mass is 10.2. The summed E-state index contributed by atoms with van der Waals surface area (Å²) in [4.78, 5) is 17.2. The summed E-state index contributed by atoms with van der Waals surface area (Å²) in [7, 11) is 1.61. The van der Waals surface area contributed by atoms with E-state index in [1.54, 1.807) is 23.1 Å². The highest BCUT2D eigenvalue weighted by Gasteiger charge is 2.33. The van der Waals surface area contributed by atoms with Crippen LogP contribution in [0, 0.1) is 0 Å². The topological polar surface area (TPSA) is 97.9 Å². The Morgan fingerprint density at radius 1 is 0.857 bits per heavy atom. The number of ether oxygens (including phenoxy) is 4. The van der Waals surface area contributed by atoms with Crippen molar-refractivity contribution in [2.24, 2.45) is 0 Å². The standard InChI is InChI=1S/C24H33N3O7S/c1-6-25-11-13-26(14-12-25)24(28)17-27(20-15-18(31-2)7-9-21(20)32-3)35(29,30)19-8-10-22(33-4)23(16-19)34-5/h7-10,15-16H,6,11-14,17H2,1-5H3. The van der Waals surface area contributed by atoms with Gasteiger partial charge in [0.2, 0.25) is 5.91 Å². The molecule has 10 nitrogen and oxygen atoms in total. The van der Waals surface area contributed by atoms with Gasteiger partial charge in [0.1, 0.15) is 18.0 Å². The molecule has 1 heterocycles. The number of carbonyl (C=O) groups is 1. The number of hydrogen-bond acceptors (Lipinski definition) is 8. The summed E-state index contributed by atoms with van der Waals surface area (Å²) < 4.78 is 50.3. The van der Waals surface area contributed by atoms with E-state index >= 15 is 0 Å². The van der Waals surface area contributed by atoms with E-state index in [0.29, 0.717) is 30.3 Å². The largest absolute Gasteiger partial charge is 0.497 e. The fourth-order valence-electron chi connectivity index (χ4n) is 3.93. The molecule has 1 saturated heterocycles. The normalized spacial score (nSPS) is 14.4. The Kier molecular flexibility index (Phi) is 8.68. The summed E-state index contributed by atoms with van der Waals surface area (Å²) in [6, 6.07) is 9.11. The fraction of sp³-hybridized carbons (Fsp3) is 0.458. The minimum atomic E-state index is -4.21. The summed E-state index contributed by atoms with van der Waals surface area (Å²) in [5.74, 6) is 1.07. The number of methoxy groups -OCH3 is 4. The van der Waals surface area contributed by atoms with Crippen molar-refractivity contribution in [2.45, 2.75) is 11.8 Å². The van der Waals surface area contributed by atoms with Crippen LogP contribution in [-0.4, -0.2) is 91.8 Å². The van der Waals surface area contributed by atoms with Gasteiger partial charge in [-0.15, -0.1) is 0 Å². The summed E-state index contributed by atoms with van der Waals surface area (Å²) in [6.07, 6.45) is 0. The maximum absolute atomic E-state index is 13.9. The van der Waals surface area contributed by atoms with E-state index in [1.807, 2.05) is 0 Å². The van der Waals surface area contributed by atoms with Crippen LogP contribution in [0.5, 0.6) is 23.0 Å². The molecular weight excluding hydrogens is 474 g/mol. The lowest BCUT2D eigenvalue weighted by Gasteiger charge is -2.35. The monoisotopic (exact) mass is 507 g/mol. The summed E-state index contributed by atoms with van der Waals surface area (Å²) in [5, 5.41) is 0. The van der Waals surface area contributed by atoms with E-state index < -0.39 is 16.6 Å². The maximum atomic E-state index is 13.9. The predicted octanol–water partition coefficient (Wildman–Crippen LogP) is 2.08. The Balaban J connectivity index is 2.06. The van der Waals surface area contributed by atoms with E-state index in [4.69, 9.17) is 18.9 Å². The van der Waals surface area contributed by atoms with Crippen molar-refractivity contribution in [3.05, 3.63) is 36.4 Å². The van der Waals surface area contributed by atoms with Crippen LogP contribution in [0.1, 0.15) is 6.92 Å². The molecule has 0 aliphatic carbocycles. The SMILES string of the molecule is CCN1CCN(C(=O)CN(c2cc(OC)ccc2OC)S(=O)(=O)c2ccc(OC)c(OC)c2)CC1. The van der Waals surface area contributed by atoms with E-state index in [2.05, 4.69) is 11.8 Å². The lowest BCUT2D eigenvalue weighted by molar-refractivity contribution is -0.131. The van der Waals surface area contributed by atoms with Crippen molar-refractivity contribution in [3.63, 3.8) is 0 Å². The van der Waals surface area contributed by atoms with Gasteiger partial charge in [-0.05, 0) is 30.8 Å². The van der Waals surface area contributed by atoms with Crippen molar-refractivity contribution < 1.29 is 32.2 Å². The van der Waals surface area contributed by atoms with Crippen LogP contribution in [0.2, 0.25) is 0 Å². The van der Waals surface area contributed by atoms with Crippen molar-refractivity contribution in [2.75, 3.05) is 72.0 Å². The molecule has 192 valence electrons. The number of piperazine rings is 1. The van der Waals surface area contributed by atoms with Crippen LogP contribution in [0.15, 0.2) is 41.3 Å². The molecule has 0 atom stereocenters. The van der Waals surface area contributed by atoms with Crippen molar-refractivity contribution in [3.8, 4) is 23.0 Å². The highest BCUT2D eigenvalue weighted by atomic mass is 32.2. The van der Waals surface area contributed by atoms with Gasteiger partial charge in [-0.1, -0.05) is 6.92 Å². The Hall–Kier alpha value is -3.18. The summed E-state index contributed by atoms with van der Waals surface area (Å²) >= 11 is 0. The van der Waals surface area contributed by atoms with E-state index in [1.165, 1.54) is 46.6 Å². The van der Waals surface area contributed by atoms with Crippen molar-refractivity contribution >= 4 is 21.6 Å². The summed E-state index contributed by atoms with van der Waals surface area (Å²) in [5.41, 5.74) is 0.196. The molecule has 1 amide bonds. The highest BCUT2D eigenvalue weighted by Crippen LogP contribution is 2.37. The molecule has 0 unspecified atom stereocenters. The van der Waals surface area contributed by atoms with Gasteiger partial charge in [-0.3, -0.25) is 9.10 Å². The number of hydrogen-bond donors (Lipinski definition) is 0. The van der Waals surface area contributed by atoms with E-state index in [9.17, 15) is 13.2 Å². The molecule has 0 spiro atoms. The molecule has 0 radical (unpaired) electrons. The van der Waals surface area contributed by atoms with Crippen LogP contribution in [0.3, 0.4) is 0 Å². The Bertz CT molecular complexity index is 1130. The number of rotatable bonds is 10. The molecule has 2 aromatic rings. The van der Waals surface area contributed by atoms with Gasteiger partial charge in [-0.25, -0.2) is 8.42 Å². The van der Waals surface area contributed by atoms with Gasteiger partial charge in [0.25, 0.3) is 10.0 Å². The maximum Gasteiger partial charge on any atom is 0.265 e. The number of likely N-dealkylation sites (N-methyl/N-ethyl adjacent to an activating group) is 1. The molecule has 0 N–H and O–H groups in total. The quantitative estimate of drug-likeness (QED) is 0.482. The van der Waals surface area contributed by atoms with Gasteiger partial charge in [0.15, 0.2) is 11.5 Å². The molecular formula is C24H33N3O7S. The molecule has 11 heteroatoms. The zero-order valence-electron chi connectivity index (χ0n) is 20.8. The number of amides is 1. The zero-order valence-corrected chi connectivity index (χ0v) is 21.6. The lowest BCUT2D eigenvalue weighted by Crippen LogP contribution is -2.51. The average molecular weight is 508 g/mol. The minimum absolute atomic E-state index is 0.0522. The number of nitrogens with zero attached hydrogens (tertiary/aromatic N) is 3. The van der Waals surface area contributed by atoms with Gasteiger partial charge in [0.05, 0.1) is 39.0 Å². The van der Waals surface area contributed by atoms with Crippen LogP contribution in [0.25, 0.3) is 0 Å². The van der Waals surface area contributed by atoms with E-state index in [0.717, 1.165) is 23.9 Å². The Morgan fingerprint density at radius 2 is 1.49 bits per heavy atom. The molecule has 1 aliphatic heterocycles. The second-order valence-electron chi connectivity index (χ2n) is 7.88. The molecule has 3 rings (SSSR count). The van der Waals surface area contributed by atoms with Crippen LogP contribution >= 0.6 is 0 Å². The second-order valence-corrected chi connectivity index (χ2v) is 9.74. The number of sulfonamides is 1. The number of benzene rings is 2. The molecule has 0 bridgehead atoms. The zero-order chi connectivity index (χ0) is 25.6. The Labute approximate surface area is 207 Å². The Morgan fingerprint density at radius 3 is 2.06 bits per heavy atom. The molecule has 1 fully saturated rings. The third kappa shape index (κ3) is 5.73. The van der Waals surface area contributed by atoms with Crippen LogP contribution in [0.4, 0.5) is 5.69 Å². The molecule has 0 aromatic heterocycles. The third-order valence-electron chi connectivity index (χ3n) is 6.05. The minimum Gasteiger partial charge on any atom is -0.497 e. The average Bonchev–Trinajstić information content (AvgIpc) is 2.90. The first-order chi connectivity index (χ1) is 16.8. The van der Waals surface area contributed by atoms with Gasteiger partial charge < -0.3 is 28.7 Å². The first-order valence-electron chi connectivity index (χ1n) is 11.3. The molecule has 1 aliphatic rings. The number of anilines is 1. The first kappa shape index (κ1) is 26.4. The van der Waals surface area contributed by atoms with Crippen molar-refractivity contribution in [1.29, 1.82) is 0 Å². The van der Waals surface area contributed by atoms with Crippen LogP contribution in [-0.2, 0) is 14.8 Å². The fourth-order valence-corrected chi connectivity index (χ4v) is 5.36. The highest BCUT2D eigenvalue weighted by molar-refractivity contribution is 7.92. The smallest absolute Gasteiger partial charge is 0.265 e. The van der Waals surface area contributed by atoms with Gasteiger partial charge >= 0.3 is 0 Å². The van der Waals surface area contributed by atoms with Crippen LogP contribution < -0.4 is 23.3 Å². The van der Waals surface area contributed by atoms with Gasteiger partial charge in [-0.2, -0.15) is 0 Å². The first-order valence-corrected chi connectivity index (χ1v) is 12.7.